The van der Waals surface area contributed by atoms with Crippen LogP contribution in [0, 0.1) is 5.92 Å². The van der Waals surface area contributed by atoms with Gasteiger partial charge in [0, 0.05) is 20.1 Å². The maximum absolute atomic E-state index is 12.8. The monoisotopic (exact) mass is 356 g/mol. The van der Waals surface area contributed by atoms with E-state index < -0.39 is 5.97 Å². The molecule has 1 aromatic heterocycles. The van der Waals surface area contributed by atoms with Gasteiger partial charge in [-0.15, -0.1) is 0 Å². The van der Waals surface area contributed by atoms with Crippen LogP contribution in [0.1, 0.15) is 34.7 Å². The van der Waals surface area contributed by atoms with Crippen molar-refractivity contribution in [3.05, 3.63) is 59.5 Å². The summed E-state index contributed by atoms with van der Waals surface area (Å²) in [6, 6.07) is 13.3. The van der Waals surface area contributed by atoms with E-state index in [-0.39, 0.29) is 24.1 Å². The van der Waals surface area contributed by atoms with Gasteiger partial charge in [0.25, 0.3) is 0 Å². The summed E-state index contributed by atoms with van der Waals surface area (Å²) in [5.74, 6) is -0.681. The van der Waals surface area contributed by atoms with Gasteiger partial charge in [0.1, 0.15) is 5.76 Å². The fourth-order valence-corrected chi connectivity index (χ4v) is 3.44. The van der Waals surface area contributed by atoms with Gasteiger partial charge >= 0.3 is 5.97 Å². The van der Waals surface area contributed by atoms with Crippen molar-refractivity contribution in [2.45, 2.75) is 25.9 Å². The van der Waals surface area contributed by atoms with E-state index in [0.29, 0.717) is 5.76 Å². The maximum Gasteiger partial charge on any atom is 0.371 e. The van der Waals surface area contributed by atoms with Crippen LogP contribution in [0.5, 0.6) is 0 Å². The number of carbonyl (C=O) groups excluding carboxylic acids is 1. The SMILES string of the molecule is CN(Cc1ccc(C(=O)O)o1)C(=O)C1CCCN(Cc2ccccc2)C1. The van der Waals surface area contributed by atoms with Crippen molar-refractivity contribution in [2.24, 2.45) is 5.92 Å². The number of amides is 1. The highest BCUT2D eigenvalue weighted by atomic mass is 16.4. The molecule has 0 aliphatic carbocycles. The van der Waals surface area contributed by atoms with Gasteiger partial charge in [0.15, 0.2) is 0 Å². The van der Waals surface area contributed by atoms with Crippen LogP contribution in [0.2, 0.25) is 0 Å². The molecule has 1 fully saturated rings. The van der Waals surface area contributed by atoms with Gasteiger partial charge in [-0.25, -0.2) is 4.79 Å². The van der Waals surface area contributed by atoms with Crippen molar-refractivity contribution in [3.8, 4) is 0 Å². The fraction of sp³-hybridized carbons (Fsp3) is 0.400. The lowest BCUT2D eigenvalue weighted by atomic mass is 9.96. The lowest BCUT2D eigenvalue weighted by Gasteiger charge is -2.33. The molecule has 1 atom stereocenters. The Balaban J connectivity index is 1.56. The summed E-state index contributed by atoms with van der Waals surface area (Å²) in [6.45, 7) is 2.88. The highest BCUT2D eigenvalue weighted by Gasteiger charge is 2.28. The van der Waals surface area contributed by atoms with Crippen LogP contribution in [-0.2, 0) is 17.9 Å². The second-order valence-corrected chi connectivity index (χ2v) is 6.83. The molecular formula is C20H24N2O4. The minimum atomic E-state index is -1.10. The number of aromatic carboxylic acids is 1. The fourth-order valence-electron chi connectivity index (χ4n) is 3.44. The smallest absolute Gasteiger partial charge is 0.371 e. The normalized spacial score (nSPS) is 17.8. The number of likely N-dealkylation sites (tertiary alicyclic amines) is 1. The number of rotatable bonds is 6. The summed E-state index contributed by atoms with van der Waals surface area (Å²) >= 11 is 0. The van der Waals surface area contributed by atoms with Crippen molar-refractivity contribution >= 4 is 11.9 Å². The number of benzene rings is 1. The maximum atomic E-state index is 12.8. The van der Waals surface area contributed by atoms with Crippen LogP contribution in [0.15, 0.2) is 46.9 Å². The number of nitrogens with zero attached hydrogens (tertiary/aromatic N) is 2. The number of piperidine rings is 1. The van der Waals surface area contributed by atoms with Crippen LogP contribution in [0.4, 0.5) is 0 Å². The highest BCUT2D eigenvalue weighted by molar-refractivity contribution is 5.84. The molecule has 1 saturated heterocycles. The Kier molecular flexibility index (Phi) is 5.73. The Morgan fingerprint density at radius 2 is 2.00 bits per heavy atom. The summed E-state index contributed by atoms with van der Waals surface area (Å²) in [7, 11) is 1.74. The lowest BCUT2D eigenvalue weighted by Crippen LogP contribution is -2.43. The highest BCUT2D eigenvalue weighted by Crippen LogP contribution is 2.21. The first kappa shape index (κ1) is 18.2. The second-order valence-electron chi connectivity index (χ2n) is 6.83. The van der Waals surface area contributed by atoms with Crippen molar-refractivity contribution in [2.75, 3.05) is 20.1 Å². The Morgan fingerprint density at radius 1 is 1.23 bits per heavy atom. The molecule has 3 rings (SSSR count). The number of carboxylic acids is 1. The van der Waals surface area contributed by atoms with Gasteiger partial charge < -0.3 is 14.4 Å². The number of hydrogen-bond donors (Lipinski definition) is 1. The topological polar surface area (TPSA) is 74.0 Å². The molecule has 2 heterocycles. The number of carboxylic acid groups (broad SMARTS) is 1. The number of hydrogen-bond acceptors (Lipinski definition) is 4. The lowest BCUT2D eigenvalue weighted by molar-refractivity contribution is -0.136. The third kappa shape index (κ3) is 4.52. The van der Waals surface area contributed by atoms with Gasteiger partial charge in [0.05, 0.1) is 12.5 Å². The number of furan rings is 1. The zero-order valence-electron chi connectivity index (χ0n) is 14.9. The molecular weight excluding hydrogens is 332 g/mol. The third-order valence-corrected chi connectivity index (χ3v) is 4.75. The van der Waals surface area contributed by atoms with E-state index in [0.717, 1.165) is 32.5 Å². The molecule has 0 radical (unpaired) electrons. The Morgan fingerprint density at radius 3 is 2.69 bits per heavy atom. The summed E-state index contributed by atoms with van der Waals surface area (Å²) in [6.07, 6.45) is 1.88. The summed E-state index contributed by atoms with van der Waals surface area (Å²) in [4.78, 5) is 27.6. The molecule has 0 saturated carbocycles. The molecule has 1 amide bonds. The van der Waals surface area contributed by atoms with Gasteiger partial charge in [-0.05, 0) is 37.1 Å². The molecule has 6 heteroatoms. The van der Waals surface area contributed by atoms with E-state index in [1.807, 2.05) is 18.2 Å². The van der Waals surface area contributed by atoms with Crippen molar-refractivity contribution < 1.29 is 19.1 Å². The zero-order valence-corrected chi connectivity index (χ0v) is 14.9. The summed E-state index contributed by atoms with van der Waals surface area (Å²) in [5.41, 5.74) is 1.26. The van der Waals surface area contributed by atoms with Crippen LogP contribution in [-0.4, -0.2) is 46.9 Å². The van der Waals surface area contributed by atoms with Gasteiger partial charge in [-0.2, -0.15) is 0 Å². The third-order valence-electron chi connectivity index (χ3n) is 4.75. The molecule has 0 spiro atoms. The molecule has 26 heavy (non-hydrogen) atoms. The predicted octanol–water partition coefficient (Wildman–Crippen LogP) is 2.85. The quantitative estimate of drug-likeness (QED) is 0.861. The largest absolute Gasteiger partial charge is 0.475 e. The molecule has 0 bridgehead atoms. The second kappa shape index (κ2) is 8.19. The van der Waals surface area contributed by atoms with Crippen LogP contribution in [0.25, 0.3) is 0 Å². The van der Waals surface area contributed by atoms with Gasteiger partial charge in [-0.1, -0.05) is 30.3 Å². The van der Waals surface area contributed by atoms with Crippen LogP contribution in [0.3, 0.4) is 0 Å². The molecule has 1 N–H and O–H groups in total. The minimum Gasteiger partial charge on any atom is -0.475 e. The zero-order chi connectivity index (χ0) is 18.5. The van der Waals surface area contributed by atoms with Crippen molar-refractivity contribution in [1.29, 1.82) is 0 Å². The van der Waals surface area contributed by atoms with Gasteiger partial charge in [0.2, 0.25) is 11.7 Å². The van der Waals surface area contributed by atoms with E-state index in [2.05, 4.69) is 17.0 Å². The van der Waals surface area contributed by atoms with E-state index in [9.17, 15) is 9.59 Å². The van der Waals surface area contributed by atoms with E-state index in [1.165, 1.54) is 11.6 Å². The predicted molar refractivity (Wildman–Crippen MR) is 96.6 cm³/mol. The molecule has 1 unspecified atom stereocenters. The van der Waals surface area contributed by atoms with Crippen LogP contribution < -0.4 is 0 Å². The molecule has 1 aliphatic rings. The Labute approximate surface area is 153 Å². The molecule has 2 aromatic rings. The average Bonchev–Trinajstić information content (AvgIpc) is 3.11. The van der Waals surface area contributed by atoms with Crippen molar-refractivity contribution in [3.63, 3.8) is 0 Å². The average molecular weight is 356 g/mol. The molecule has 138 valence electrons. The molecule has 6 nitrogen and oxygen atoms in total. The van der Waals surface area contributed by atoms with Crippen molar-refractivity contribution in [1.82, 2.24) is 9.80 Å². The van der Waals surface area contributed by atoms with Gasteiger partial charge in [-0.3, -0.25) is 9.69 Å². The van der Waals surface area contributed by atoms with E-state index in [1.54, 1.807) is 18.0 Å². The summed E-state index contributed by atoms with van der Waals surface area (Å²) in [5, 5.41) is 8.92. The first-order valence-corrected chi connectivity index (χ1v) is 8.86. The Hall–Kier alpha value is -2.60. The van der Waals surface area contributed by atoms with E-state index >= 15 is 0 Å². The molecule has 1 aliphatic heterocycles. The minimum absolute atomic E-state index is 0.0358. The van der Waals surface area contributed by atoms with E-state index in [4.69, 9.17) is 9.52 Å². The Bertz CT molecular complexity index is 756. The number of carbonyl (C=O) groups is 2. The summed E-state index contributed by atoms with van der Waals surface area (Å²) < 4.78 is 5.25. The molecule has 1 aromatic carbocycles. The van der Waals surface area contributed by atoms with Crippen LogP contribution >= 0.6 is 0 Å². The first-order valence-electron chi connectivity index (χ1n) is 8.86. The first-order chi connectivity index (χ1) is 12.5. The standard InChI is InChI=1S/C20H24N2O4/c1-21(14-17-9-10-18(26-17)20(24)25)19(23)16-8-5-11-22(13-16)12-15-6-3-2-4-7-15/h2-4,6-7,9-10,16H,5,8,11-14H2,1H3,(H,24,25).